The largest absolute Gasteiger partial charge is 0.478 e. The molecule has 5 heteroatoms. The number of hydrogen-bond donors (Lipinski definition) is 1. The van der Waals surface area contributed by atoms with E-state index >= 15 is 0 Å². The summed E-state index contributed by atoms with van der Waals surface area (Å²) in [5.74, 6) is -1.64. The first-order chi connectivity index (χ1) is 14.3. The lowest BCUT2D eigenvalue weighted by atomic mass is 9.94. The number of carboxylic acids is 1. The number of aromatic carboxylic acids is 1. The summed E-state index contributed by atoms with van der Waals surface area (Å²) in [5.41, 5.74) is 6.31. The first-order valence-electron chi connectivity index (χ1n) is 9.54. The molecule has 3 rings (SSSR count). The fourth-order valence-corrected chi connectivity index (χ4v) is 3.35. The van der Waals surface area contributed by atoms with Gasteiger partial charge in [-0.1, -0.05) is 36.4 Å². The van der Waals surface area contributed by atoms with E-state index in [0.717, 1.165) is 22.8 Å². The normalized spacial score (nSPS) is 12.2. The van der Waals surface area contributed by atoms with Crippen LogP contribution in [0.5, 0.6) is 0 Å². The van der Waals surface area contributed by atoms with Gasteiger partial charge >= 0.3 is 5.97 Å². The number of aryl methyl sites for hydroxylation is 2. The number of carboxylic acid groups (broad SMARTS) is 1. The molecule has 0 aromatic heterocycles. The molecule has 0 aliphatic heterocycles. The van der Waals surface area contributed by atoms with Gasteiger partial charge in [0.1, 0.15) is 5.82 Å². The van der Waals surface area contributed by atoms with Gasteiger partial charge < -0.3 is 5.11 Å². The molecule has 0 aliphatic rings. The Morgan fingerprint density at radius 1 is 0.900 bits per heavy atom. The molecule has 3 aromatic carbocycles. The molecule has 0 amide bonds. The van der Waals surface area contributed by atoms with Crippen LogP contribution in [0.25, 0.3) is 11.1 Å². The third-order valence-electron chi connectivity index (χ3n) is 5.02. The van der Waals surface area contributed by atoms with Crippen LogP contribution in [0.2, 0.25) is 0 Å². The van der Waals surface area contributed by atoms with Crippen LogP contribution < -0.4 is 0 Å². The number of rotatable bonds is 4. The predicted molar refractivity (Wildman–Crippen MR) is 119 cm³/mol. The van der Waals surface area contributed by atoms with Gasteiger partial charge in [-0.05, 0) is 72.9 Å². The summed E-state index contributed by atoms with van der Waals surface area (Å²) in [4.78, 5) is 19.6. The Bertz CT molecular complexity index is 1180. The first kappa shape index (κ1) is 21.1. The third-order valence-corrected chi connectivity index (χ3v) is 5.02. The molecule has 0 fully saturated rings. The van der Waals surface area contributed by atoms with Gasteiger partial charge in [0, 0.05) is 12.8 Å². The SMILES string of the molecule is CN=C(N=C(C)c1ccc(-c2ccccc2C)c(C)c1)c1ccc(C(=O)O)cc1F. The van der Waals surface area contributed by atoms with Crippen molar-refractivity contribution in [2.45, 2.75) is 20.8 Å². The van der Waals surface area contributed by atoms with Gasteiger partial charge in [-0.3, -0.25) is 4.99 Å². The van der Waals surface area contributed by atoms with Crippen LogP contribution in [0.1, 0.15) is 39.5 Å². The molecule has 0 unspecified atom stereocenters. The molecule has 0 atom stereocenters. The second-order valence-corrected chi connectivity index (χ2v) is 7.09. The Kier molecular flexibility index (Phi) is 6.21. The number of amidine groups is 1. The molecular weight excluding hydrogens is 379 g/mol. The topological polar surface area (TPSA) is 62.0 Å². The van der Waals surface area contributed by atoms with Gasteiger partial charge in [-0.15, -0.1) is 0 Å². The van der Waals surface area contributed by atoms with Crippen LogP contribution in [0.4, 0.5) is 4.39 Å². The van der Waals surface area contributed by atoms with E-state index in [1.54, 1.807) is 0 Å². The molecule has 1 N–H and O–H groups in total. The fourth-order valence-electron chi connectivity index (χ4n) is 3.35. The second kappa shape index (κ2) is 8.82. The summed E-state index contributed by atoms with van der Waals surface area (Å²) in [7, 11) is 1.53. The maximum absolute atomic E-state index is 14.4. The van der Waals surface area contributed by atoms with Gasteiger partial charge in [0.2, 0.25) is 0 Å². The van der Waals surface area contributed by atoms with Crippen molar-refractivity contribution in [3.63, 3.8) is 0 Å². The maximum atomic E-state index is 14.4. The average molecular weight is 402 g/mol. The molecular formula is C25H23FN2O2. The van der Waals surface area contributed by atoms with E-state index in [2.05, 4.69) is 48.1 Å². The zero-order valence-electron chi connectivity index (χ0n) is 17.4. The minimum atomic E-state index is -1.18. The third kappa shape index (κ3) is 4.35. The number of hydrogen-bond acceptors (Lipinski definition) is 2. The standard InChI is InChI=1S/C25H23FN2O2/c1-15-7-5-6-8-20(15)21-11-9-18(13-16(21)2)17(3)28-24(27-4)22-12-10-19(25(29)30)14-23(22)26/h5-14H,1-4H3,(H,29,30). The molecule has 0 saturated carbocycles. The van der Waals surface area contributed by atoms with Crippen LogP contribution in [0.3, 0.4) is 0 Å². The summed E-state index contributed by atoms with van der Waals surface area (Å²) < 4.78 is 14.4. The molecule has 3 aromatic rings. The number of carbonyl (C=O) groups is 1. The van der Waals surface area contributed by atoms with Crippen molar-refractivity contribution in [2.24, 2.45) is 9.98 Å². The molecule has 0 aliphatic carbocycles. The summed E-state index contributed by atoms with van der Waals surface area (Å²) in [6.45, 7) is 5.98. The molecule has 0 saturated heterocycles. The number of halogens is 1. The Morgan fingerprint density at radius 2 is 1.57 bits per heavy atom. The molecule has 4 nitrogen and oxygen atoms in total. The minimum Gasteiger partial charge on any atom is -0.478 e. The molecule has 0 bridgehead atoms. The van der Waals surface area contributed by atoms with Gasteiger partial charge in [-0.25, -0.2) is 14.2 Å². The van der Waals surface area contributed by atoms with E-state index in [1.807, 2.05) is 25.1 Å². The van der Waals surface area contributed by atoms with E-state index in [0.29, 0.717) is 5.71 Å². The zero-order valence-corrected chi connectivity index (χ0v) is 17.4. The van der Waals surface area contributed by atoms with Crippen molar-refractivity contribution in [1.29, 1.82) is 0 Å². The van der Waals surface area contributed by atoms with Crippen molar-refractivity contribution < 1.29 is 14.3 Å². The zero-order chi connectivity index (χ0) is 21.8. The van der Waals surface area contributed by atoms with Crippen LogP contribution in [0.15, 0.2) is 70.6 Å². The lowest BCUT2D eigenvalue weighted by Gasteiger charge is -2.12. The highest BCUT2D eigenvalue weighted by Gasteiger charge is 2.13. The van der Waals surface area contributed by atoms with Gasteiger partial charge in [0.05, 0.1) is 11.1 Å². The highest BCUT2D eigenvalue weighted by Crippen LogP contribution is 2.27. The molecule has 152 valence electrons. The second-order valence-electron chi connectivity index (χ2n) is 7.09. The Labute approximate surface area is 175 Å². The summed E-state index contributed by atoms with van der Waals surface area (Å²) in [6.07, 6.45) is 0. The van der Waals surface area contributed by atoms with Crippen molar-refractivity contribution in [3.8, 4) is 11.1 Å². The van der Waals surface area contributed by atoms with E-state index in [1.165, 1.54) is 30.3 Å². The number of nitrogens with zero attached hydrogens (tertiary/aromatic N) is 2. The van der Waals surface area contributed by atoms with Gasteiger partial charge in [0.15, 0.2) is 5.84 Å². The smallest absolute Gasteiger partial charge is 0.335 e. The number of benzene rings is 3. The monoisotopic (exact) mass is 402 g/mol. The molecule has 0 heterocycles. The lowest BCUT2D eigenvalue weighted by Crippen LogP contribution is -2.07. The lowest BCUT2D eigenvalue weighted by molar-refractivity contribution is 0.0696. The quantitative estimate of drug-likeness (QED) is 0.450. The van der Waals surface area contributed by atoms with Crippen molar-refractivity contribution in [3.05, 3.63) is 94.3 Å². The Hall–Kier alpha value is -3.60. The van der Waals surface area contributed by atoms with Crippen LogP contribution in [0, 0.1) is 19.7 Å². The predicted octanol–water partition coefficient (Wildman–Crippen LogP) is 5.69. The highest BCUT2D eigenvalue weighted by molar-refractivity contribution is 6.12. The van der Waals surface area contributed by atoms with Gasteiger partial charge in [-0.2, -0.15) is 0 Å². The van der Waals surface area contributed by atoms with E-state index in [4.69, 9.17) is 5.11 Å². The molecule has 30 heavy (non-hydrogen) atoms. The fraction of sp³-hybridized carbons (Fsp3) is 0.160. The van der Waals surface area contributed by atoms with Crippen LogP contribution >= 0.6 is 0 Å². The van der Waals surface area contributed by atoms with Crippen LogP contribution in [-0.2, 0) is 0 Å². The Morgan fingerprint density at radius 3 is 2.17 bits per heavy atom. The van der Waals surface area contributed by atoms with E-state index in [-0.39, 0.29) is 17.0 Å². The average Bonchev–Trinajstić information content (AvgIpc) is 2.72. The van der Waals surface area contributed by atoms with Crippen molar-refractivity contribution in [2.75, 3.05) is 7.05 Å². The molecule has 0 radical (unpaired) electrons. The highest BCUT2D eigenvalue weighted by atomic mass is 19.1. The van der Waals surface area contributed by atoms with Crippen molar-refractivity contribution in [1.82, 2.24) is 0 Å². The first-order valence-corrected chi connectivity index (χ1v) is 9.54. The van der Waals surface area contributed by atoms with Gasteiger partial charge in [0.25, 0.3) is 0 Å². The molecule has 0 spiro atoms. The minimum absolute atomic E-state index is 0.116. The summed E-state index contributed by atoms with van der Waals surface area (Å²) in [5, 5.41) is 9.01. The Balaban J connectivity index is 1.95. The van der Waals surface area contributed by atoms with E-state index < -0.39 is 11.8 Å². The summed E-state index contributed by atoms with van der Waals surface area (Å²) >= 11 is 0. The van der Waals surface area contributed by atoms with Crippen molar-refractivity contribution >= 4 is 17.5 Å². The maximum Gasteiger partial charge on any atom is 0.335 e. The number of aliphatic imine (C=N–C) groups is 2. The van der Waals surface area contributed by atoms with E-state index in [9.17, 15) is 9.18 Å². The van der Waals surface area contributed by atoms with Crippen LogP contribution in [-0.4, -0.2) is 29.7 Å². The summed E-state index contributed by atoms with van der Waals surface area (Å²) in [6, 6.07) is 18.1.